The maximum Gasteiger partial charge on any atom is 0.345 e. The van der Waals surface area contributed by atoms with Crippen LogP contribution in [0, 0.1) is 0 Å². The van der Waals surface area contributed by atoms with Gasteiger partial charge in [0.2, 0.25) is 0 Å². The molecule has 0 aliphatic carbocycles. The van der Waals surface area contributed by atoms with Crippen molar-refractivity contribution in [2.24, 2.45) is 4.99 Å². The lowest BCUT2D eigenvalue weighted by atomic mass is 10.1. The summed E-state index contributed by atoms with van der Waals surface area (Å²) in [4.78, 5) is 16.7. The smallest absolute Gasteiger partial charge is 0.345 e. The molecule has 0 saturated carbocycles. The molecule has 0 saturated heterocycles. The number of benzene rings is 1. The van der Waals surface area contributed by atoms with E-state index in [1.165, 1.54) is 5.56 Å². The van der Waals surface area contributed by atoms with Crippen LogP contribution in [0.15, 0.2) is 28.0 Å². The number of fused-ring (bicyclic) bond motifs is 1. The van der Waals surface area contributed by atoms with Crippen molar-refractivity contribution >= 4 is 29.9 Å². The van der Waals surface area contributed by atoms with Crippen LogP contribution in [-0.4, -0.2) is 54.2 Å². The first-order valence-electron chi connectivity index (χ1n) is 11.6. The fourth-order valence-electron chi connectivity index (χ4n) is 3.89. The van der Waals surface area contributed by atoms with E-state index in [0.29, 0.717) is 13.2 Å². The SMILES string of the molecule is CCOc1cc(CCCNC(=NC)NCCCn2nc3n(c2=O)CCCC3)ccc1OC.I. The number of hydrogen-bond acceptors (Lipinski definition) is 5. The summed E-state index contributed by atoms with van der Waals surface area (Å²) in [6.07, 6.45) is 5.79. The highest BCUT2D eigenvalue weighted by Gasteiger charge is 2.16. The van der Waals surface area contributed by atoms with Crippen LogP contribution in [0.3, 0.4) is 0 Å². The number of guanidine groups is 1. The van der Waals surface area contributed by atoms with Crippen molar-refractivity contribution in [3.8, 4) is 11.5 Å². The molecule has 3 rings (SSSR count). The highest BCUT2D eigenvalue weighted by molar-refractivity contribution is 14.0. The molecule has 0 fully saturated rings. The Morgan fingerprint density at radius 3 is 2.67 bits per heavy atom. The minimum Gasteiger partial charge on any atom is -0.493 e. The zero-order valence-electron chi connectivity index (χ0n) is 19.9. The molecule has 1 aliphatic heterocycles. The van der Waals surface area contributed by atoms with Gasteiger partial charge in [0.05, 0.1) is 13.7 Å². The Labute approximate surface area is 213 Å². The van der Waals surface area contributed by atoms with E-state index in [-0.39, 0.29) is 29.7 Å². The lowest BCUT2D eigenvalue weighted by Crippen LogP contribution is -2.38. The van der Waals surface area contributed by atoms with Gasteiger partial charge in [-0.15, -0.1) is 24.0 Å². The van der Waals surface area contributed by atoms with Crippen LogP contribution in [0.1, 0.15) is 44.0 Å². The molecule has 0 amide bonds. The number of halogens is 1. The molecule has 1 aromatic carbocycles. The Morgan fingerprint density at radius 1 is 1.18 bits per heavy atom. The van der Waals surface area contributed by atoms with Crippen LogP contribution >= 0.6 is 24.0 Å². The summed E-state index contributed by atoms with van der Waals surface area (Å²) in [6.45, 7) is 5.53. The first-order chi connectivity index (χ1) is 15.7. The van der Waals surface area contributed by atoms with Crippen LogP contribution in [0.4, 0.5) is 0 Å². The monoisotopic (exact) mass is 572 g/mol. The van der Waals surface area contributed by atoms with Crippen molar-refractivity contribution in [1.29, 1.82) is 0 Å². The first-order valence-corrected chi connectivity index (χ1v) is 11.6. The van der Waals surface area contributed by atoms with Crippen LogP contribution in [-0.2, 0) is 25.9 Å². The number of aromatic nitrogens is 3. The summed E-state index contributed by atoms with van der Waals surface area (Å²) < 4.78 is 14.4. The molecule has 2 heterocycles. The van der Waals surface area contributed by atoms with Crippen molar-refractivity contribution in [3.63, 3.8) is 0 Å². The Bertz CT molecular complexity index is 956. The number of aryl methyl sites for hydroxylation is 3. The summed E-state index contributed by atoms with van der Waals surface area (Å²) in [5.41, 5.74) is 1.24. The van der Waals surface area contributed by atoms with Gasteiger partial charge >= 0.3 is 5.69 Å². The zero-order valence-corrected chi connectivity index (χ0v) is 22.3. The molecular weight excluding hydrogens is 535 g/mol. The van der Waals surface area contributed by atoms with E-state index in [9.17, 15) is 4.79 Å². The average Bonchev–Trinajstić information content (AvgIpc) is 3.14. The van der Waals surface area contributed by atoms with E-state index in [4.69, 9.17) is 9.47 Å². The second kappa shape index (κ2) is 14.1. The van der Waals surface area contributed by atoms with Gasteiger partial charge in [-0.25, -0.2) is 9.48 Å². The summed E-state index contributed by atoms with van der Waals surface area (Å²) >= 11 is 0. The van der Waals surface area contributed by atoms with Crippen molar-refractivity contribution in [2.75, 3.05) is 33.9 Å². The molecule has 1 aliphatic rings. The standard InChI is InChI=1S/C23H36N6O3.HI/c1-4-32-20-17-18(11-12-19(20)31-3)9-7-13-25-22(24-2)26-14-8-16-29-23(30)28-15-6-5-10-21(28)27-29;/h11-12,17H,4-10,13-16H2,1-3H3,(H2,24,25,26);1H. The Balaban J connectivity index is 0.00000385. The van der Waals surface area contributed by atoms with E-state index >= 15 is 0 Å². The number of nitrogens with zero attached hydrogens (tertiary/aromatic N) is 4. The Kier molecular flexibility index (Phi) is 11.6. The summed E-state index contributed by atoms with van der Waals surface area (Å²) in [5.74, 6) is 3.25. The van der Waals surface area contributed by atoms with E-state index in [1.54, 1.807) is 18.8 Å². The zero-order chi connectivity index (χ0) is 22.8. The quantitative estimate of drug-likeness (QED) is 0.186. The van der Waals surface area contributed by atoms with Gasteiger partial charge in [-0.1, -0.05) is 6.07 Å². The maximum atomic E-state index is 12.4. The number of hydrogen-bond donors (Lipinski definition) is 2. The van der Waals surface area contributed by atoms with Gasteiger partial charge in [0.15, 0.2) is 17.5 Å². The van der Waals surface area contributed by atoms with Gasteiger partial charge in [0.25, 0.3) is 0 Å². The average molecular weight is 572 g/mol. The molecule has 0 atom stereocenters. The predicted molar refractivity (Wildman–Crippen MR) is 141 cm³/mol. The highest BCUT2D eigenvalue weighted by Crippen LogP contribution is 2.28. The molecule has 0 radical (unpaired) electrons. The molecule has 0 bridgehead atoms. The fourth-order valence-corrected chi connectivity index (χ4v) is 3.89. The lowest BCUT2D eigenvalue weighted by Gasteiger charge is -2.13. The molecule has 33 heavy (non-hydrogen) atoms. The number of methoxy groups -OCH3 is 1. The molecule has 0 unspecified atom stereocenters. The van der Waals surface area contributed by atoms with E-state index in [2.05, 4.69) is 26.8 Å². The van der Waals surface area contributed by atoms with E-state index < -0.39 is 0 Å². The van der Waals surface area contributed by atoms with Crippen molar-refractivity contribution < 1.29 is 9.47 Å². The summed E-state index contributed by atoms with van der Waals surface area (Å²) in [6, 6.07) is 6.07. The molecule has 2 aromatic rings. The lowest BCUT2D eigenvalue weighted by molar-refractivity contribution is 0.310. The number of nitrogens with one attached hydrogen (secondary N) is 2. The molecule has 9 nitrogen and oxygen atoms in total. The van der Waals surface area contributed by atoms with Gasteiger partial charge in [0, 0.05) is 39.6 Å². The van der Waals surface area contributed by atoms with Crippen LogP contribution in [0.2, 0.25) is 0 Å². The Morgan fingerprint density at radius 2 is 1.97 bits per heavy atom. The number of ether oxygens (including phenoxy) is 2. The third-order valence-corrected chi connectivity index (χ3v) is 5.56. The van der Waals surface area contributed by atoms with E-state index in [0.717, 1.165) is 81.4 Å². The molecule has 0 spiro atoms. The van der Waals surface area contributed by atoms with Crippen LogP contribution in [0.25, 0.3) is 0 Å². The second-order valence-electron chi connectivity index (χ2n) is 7.83. The minimum atomic E-state index is 0. The second-order valence-corrected chi connectivity index (χ2v) is 7.83. The van der Waals surface area contributed by atoms with Crippen molar-refractivity contribution in [2.45, 2.75) is 58.5 Å². The molecule has 184 valence electrons. The minimum absolute atomic E-state index is 0. The summed E-state index contributed by atoms with van der Waals surface area (Å²) in [7, 11) is 3.42. The molecule has 2 N–H and O–H groups in total. The van der Waals surface area contributed by atoms with Crippen molar-refractivity contribution in [3.05, 3.63) is 40.1 Å². The predicted octanol–water partition coefficient (Wildman–Crippen LogP) is 2.59. The largest absolute Gasteiger partial charge is 0.493 e. The summed E-state index contributed by atoms with van der Waals surface area (Å²) in [5, 5.41) is 11.1. The molecular formula is C23H37IN6O3. The van der Waals surface area contributed by atoms with E-state index in [1.807, 2.05) is 23.6 Å². The normalized spacial score (nSPS) is 13.1. The van der Waals surface area contributed by atoms with Gasteiger partial charge in [0.1, 0.15) is 5.82 Å². The highest BCUT2D eigenvalue weighted by atomic mass is 127. The van der Waals surface area contributed by atoms with Gasteiger partial charge in [-0.2, -0.15) is 5.10 Å². The van der Waals surface area contributed by atoms with Crippen LogP contribution in [0.5, 0.6) is 11.5 Å². The van der Waals surface area contributed by atoms with Gasteiger partial charge < -0.3 is 20.1 Å². The molecule has 1 aromatic heterocycles. The fraction of sp³-hybridized carbons (Fsp3) is 0.609. The maximum absolute atomic E-state index is 12.4. The van der Waals surface area contributed by atoms with Crippen LogP contribution < -0.4 is 25.8 Å². The van der Waals surface area contributed by atoms with Gasteiger partial charge in [-0.3, -0.25) is 9.56 Å². The molecule has 10 heteroatoms. The topological polar surface area (TPSA) is 94.7 Å². The number of aliphatic imine (C=N–C) groups is 1. The Hall–Kier alpha value is -2.24. The number of rotatable bonds is 11. The first kappa shape index (κ1) is 27.0. The van der Waals surface area contributed by atoms with Crippen molar-refractivity contribution in [1.82, 2.24) is 25.0 Å². The third kappa shape index (κ3) is 7.65. The van der Waals surface area contributed by atoms with Gasteiger partial charge in [-0.05, 0) is 56.7 Å². The third-order valence-electron chi connectivity index (χ3n) is 5.56.